The smallest absolute Gasteiger partial charge is 0.410 e. The summed E-state index contributed by atoms with van der Waals surface area (Å²) < 4.78 is 9.99. The van der Waals surface area contributed by atoms with Crippen LogP contribution in [0.1, 0.15) is 34.6 Å². The zero-order valence-corrected chi connectivity index (χ0v) is 12.1. The molecule has 0 saturated carbocycles. The number of nitrogens with one attached hydrogen (secondary N) is 1. The van der Waals surface area contributed by atoms with Gasteiger partial charge in [0.25, 0.3) is 6.23 Å². The molecule has 110 valence electrons. The number of carbonyl (C=O) groups excluding carboxylic acids is 2. The van der Waals surface area contributed by atoms with Crippen molar-refractivity contribution >= 4 is 12.1 Å². The van der Waals surface area contributed by atoms with Crippen LogP contribution in [-0.2, 0) is 14.3 Å². The third-order valence-electron chi connectivity index (χ3n) is 2.89. The minimum atomic E-state index is -0.874. The van der Waals surface area contributed by atoms with Crippen LogP contribution in [0.3, 0.4) is 0 Å². The van der Waals surface area contributed by atoms with Crippen molar-refractivity contribution in [2.45, 2.75) is 52.4 Å². The molecule has 0 aromatic rings. The van der Waals surface area contributed by atoms with Gasteiger partial charge in [0.15, 0.2) is 6.04 Å². The summed E-state index contributed by atoms with van der Waals surface area (Å²) in [5, 5.41) is 11.4. The van der Waals surface area contributed by atoms with Crippen molar-refractivity contribution in [1.29, 1.82) is 0 Å². The first-order valence-corrected chi connectivity index (χ1v) is 6.34. The molecule has 1 rings (SSSR count). The average molecular weight is 274 g/mol. The van der Waals surface area contributed by atoms with Crippen LogP contribution in [0.2, 0.25) is 0 Å². The molecule has 1 aliphatic rings. The van der Waals surface area contributed by atoms with E-state index in [-0.39, 0.29) is 18.2 Å². The van der Waals surface area contributed by atoms with Gasteiger partial charge in [-0.05, 0) is 27.7 Å². The highest BCUT2D eigenvalue weighted by Crippen LogP contribution is 2.22. The van der Waals surface area contributed by atoms with Crippen LogP contribution in [0, 0.1) is 5.21 Å². The summed E-state index contributed by atoms with van der Waals surface area (Å²) in [6.07, 6.45) is -1.37. The summed E-state index contributed by atoms with van der Waals surface area (Å²) in [5.74, 6) is -0.527. The fraction of sp³-hybridized carbons (Fsp3) is 0.833. The Balaban J connectivity index is 2.87. The van der Waals surface area contributed by atoms with E-state index in [0.717, 1.165) is 0 Å². The Kier molecular flexibility index (Phi) is 4.75. The molecule has 0 spiro atoms. The summed E-state index contributed by atoms with van der Waals surface area (Å²) in [6, 6.07) is -0.449. The second kappa shape index (κ2) is 5.75. The lowest BCUT2D eigenvalue weighted by Crippen LogP contribution is -3.23. The van der Waals surface area contributed by atoms with Crippen molar-refractivity contribution in [1.82, 2.24) is 4.90 Å². The van der Waals surface area contributed by atoms with E-state index < -0.39 is 29.9 Å². The molecule has 1 saturated heterocycles. The molecular formula is C12H22N2O5. The number of rotatable bonds is 3. The van der Waals surface area contributed by atoms with E-state index in [1.54, 1.807) is 6.92 Å². The maximum atomic E-state index is 12.0. The van der Waals surface area contributed by atoms with Gasteiger partial charge in [0, 0.05) is 12.5 Å². The van der Waals surface area contributed by atoms with Crippen LogP contribution in [-0.4, -0.2) is 47.9 Å². The Morgan fingerprint density at radius 3 is 2.37 bits per heavy atom. The normalized spacial score (nSPS) is 26.3. The minimum Gasteiger partial charge on any atom is -0.631 e. The second-order valence-corrected chi connectivity index (χ2v) is 5.51. The molecule has 3 unspecified atom stereocenters. The Bertz CT molecular complexity index is 353. The molecule has 1 amide bonds. The maximum Gasteiger partial charge on any atom is 0.410 e. The molecular weight excluding hydrogens is 252 g/mol. The second-order valence-electron chi connectivity index (χ2n) is 5.51. The fourth-order valence-corrected chi connectivity index (χ4v) is 2.13. The number of hydrogen-bond donors (Lipinski definition) is 1. The quantitative estimate of drug-likeness (QED) is 0.574. The lowest BCUT2D eigenvalue weighted by molar-refractivity contribution is -0.950. The van der Waals surface area contributed by atoms with Crippen molar-refractivity contribution in [3.8, 4) is 0 Å². The molecule has 3 atom stereocenters. The maximum absolute atomic E-state index is 12.0. The van der Waals surface area contributed by atoms with Crippen LogP contribution in [0.4, 0.5) is 4.79 Å². The average Bonchev–Trinajstić information content (AvgIpc) is 2.24. The number of hydroxylamine groups is 2. The summed E-state index contributed by atoms with van der Waals surface area (Å²) in [7, 11) is 0. The Hall–Kier alpha value is -1.34. The molecule has 0 aromatic carbocycles. The number of esters is 1. The molecule has 1 fully saturated rings. The van der Waals surface area contributed by atoms with Gasteiger partial charge in [-0.3, -0.25) is 9.69 Å². The van der Waals surface area contributed by atoms with E-state index >= 15 is 0 Å². The monoisotopic (exact) mass is 274 g/mol. The molecule has 7 nitrogen and oxygen atoms in total. The summed E-state index contributed by atoms with van der Waals surface area (Å²) >= 11 is 0. The Morgan fingerprint density at radius 2 is 2.00 bits per heavy atom. The van der Waals surface area contributed by atoms with Gasteiger partial charge in [0.2, 0.25) is 0 Å². The number of carbonyl (C=O) groups is 2. The van der Waals surface area contributed by atoms with Crippen LogP contribution in [0.25, 0.3) is 0 Å². The first kappa shape index (κ1) is 15.7. The molecule has 1 aliphatic heterocycles. The van der Waals surface area contributed by atoms with Crippen molar-refractivity contribution in [3.63, 3.8) is 0 Å². The number of quaternary nitrogens is 1. The Morgan fingerprint density at radius 1 is 1.42 bits per heavy atom. The van der Waals surface area contributed by atoms with Gasteiger partial charge in [-0.1, -0.05) is 0 Å². The molecule has 1 heterocycles. The van der Waals surface area contributed by atoms with Gasteiger partial charge in [0.05, 0.1) is 6.61 Å². The van der Waals surface area contributed by atoms with Crippen molar-refractivity contribution < 1.29 is 24.1 Å². The lowest BCUT2D eigenvalue weighted by atomic mass is 9.98. The molecule has 0 bridgehead atoms. The number of ether oxygens (including phenoxy) is 2. The highest BCUT2D eigenvalue weighted by atomic mass is 16.6. The fourth-order valence-electron chi connectivity index (χ4n) is 2.13. The largest absolute Gasteiger partial charge is 0.631 e. The van der Waals surface area contributed by atoms with Crippen LogP contribution in [0.5, 0.6) is 0 Å². The number of amides is 1. The standard InChI is InChI=1S/C12H22N2O5/c1-6-18-11(16)14(12(3,4)5)9-7-13(17)10(9)19-8(2)15/h9-10,13H,6-7H2,1-5H3. The van der Waals surface area contributed by atoms with E-state index in [0.29, 0.717) is 0 Å². The van der Waals surface area contributed by atoms with Crippen LogP contribution in [0.15, 0.2) is 0 Å². The van der Waals surface area contributed by atoms with Gasteiger partial charge in [-0.25, -0.2) is 4.79 Å². The predicted molar refractivity (Wildman–Crippen MR) is 67.2 cm³/mol. The molecule has 7 heteroatoms. The van der Waals surface area contributed by atoms with Crippen molar-refractivity contribution in [2.75, 3.05) is 13.2 Å². The molecule has 0 aliphatic carbocycles. The van der Waals surface area contributed by atoms with Gasteiger partial charge in [0.1, 0.15) is 6.54 Å². The van der Waals surface area contributed by atoms with E-state index in [1.165, 1.54) is 11.8 Å². The highest BCUT2D eigenvalue weighted by Gasteiger charge is 2.51. The molecule has 0 radical (unpaired) electrons. The third kappa shape index (κ3) is 3.57. The summed E-state index contributed by atoms with van der Waals surface area (Å²) in [5.41, 5.74) is -0.518. The van der Waals surface area contributed by atoms with Gasteiger partial charge in [-0.2, -0.15) is 0 Å². The van der Waals surface area contributed by atoms with Crippen LogP contribution < -0.4 is 5.06 Å². The van der Waals surface area contributed by atoms with Gasteiger partial charge >= 0.3 is 12.1 Å². The van der Waals surface area contributed by atoms with Crippen molar-refractivity contribution in [2.24, 2.45) is 0 Å². The van der Waals surface area contributed by atoms with Crippen molar-refractivity contribution in [3.05, 3.63) is 5.21 Å². The first-order chi connectivity index (χ1) is 8.68. The first-order valence-electron chi connectivity index (χ1n) is 6.34. The number of nitrogens with zero attached hydrogens (tertiary/aromatic N) is 1. The predicted octanol–water partition coefficient (Wildman–Crippen LogP) is -0.102. The van der Waals surface area contributed by atoms with E-state index in [2.05, 4.69) is 0 Å². The third-order valence-corrected chi connectivity index (χ3v) is 2.89. The van der Waals surface area contributed by atoms with E-state index in [1.807, 2.05) is 20.8 Å². The van der Waals surface area contributed by atoms with Gasteiger partial charge in [-0.15, -0.1) is 0 Å². The Labute approximate surface area is 113 Å². The van der Waals surface area contributed by atoms with Gasteiger partial charge < -0.3 is 19.7 Å². The molecule has 19 heavy (non-hydrogen) atoms. The zero-order valence-electron chi connectivity index (χ0n) is 12.1. The summed E-state index contributed by atoms with van der Waals surface area (Å²) in [6.45, 7) is 8.94. The zero-order chi connectivity index (χ0) is 14.8. The molecule has 1 N–H and O–H groups in total. The van der Waals surface area contributed by atoms with E-state index in [4.69, 9.17) is 9.47 Å². The van der Waals surface area contributed by atoms with Crippen LogP contribution >= 0.6 is 0 Å². The number of hydrogen-bond acceptors (Lipinski definition) is 5. The van der Waals surface area contributed by atoms with E-state index in [9.17, 15) is 14.8 Å². The molecule has 0 aromatic heterocycles. The lowest BCUT2D eigenvalue weighted by Gasteiger charge is -2.52. The topological polar surface area (TPSA) is 83.3 Å². The summed E-state index contributed by atoms with van der Waals surface area (Å²) in [4.78, 5) is 24.5. The minimum absolute atomic E-state index is 0.168. The SMILES string of the molecule is CCOC(=O)N(C1C[NH+]([O-])C1OC(C)=O)C(C)(C)C. The highest BCUT2D eigenvalue weighted by molar-refractivity contribution is 5.69.